The molecule has 0 bridgehead atoms. The van der Waals surface area contributed by atoms with E-state index in [9.17, 15) is 5.11 Å². The summed E-state index contributed by atoms with van der Waals surface area (Å²) in [5.74, 6) is 0.936. The van der Waals surface area contributed by atoms with Gasteiger partial charge in [-0.05, 0) is 34.4 Å². The molecule has 3 rings (SSSR count). The normalized spacial score (nSPS) is 14.7. The zero-order chi connectivity index (χ0) is 13.9. The predicted molar refractivity (Wildman–Crippen MR) is 76.9 cm³/mol. The van der Waals surface area contributed by atoms with Crippen LogP contribution >= 0.6 is 0 Å². The van der Waals surface area contributed by atoms with Crippen molar-refractivity contribution in [1.29, 1.82) is 0 Å². The molecule has 0 radical (unpaired) electrons. The number of methoxy groups -OCH3 is 1. The van der Waals surface area contributed by atoms with Gasteiger partial charge in [-0.2, -0.15) is 0 Å². The number of hydrogen-bond donors (Lipinski definition) is 1. The SMILES string of the molecule is COCc1ccccc1C(O)c1ccc2c(c1)CCO2. The average molecular weight is 270 g/mol. The van der Waals surface area contributed by atoms with Gasteiger partial charge in [0, 0.05) is 13.5 Å². The summed E-state index contributed by atoms with van der Waals surface area (Å²) < 4.78 is 10.7. The van der Waals surface area contributed by atoms with Gasteiger partial charge in [-0.1, -0.05) is 30.3 Å². The van der Waals surface area contributed by atoms with Crippen molar-refractivity contribution in [3.05, 3.63) is 64.7 Å². The first-order valence-corrected chi connectivity index (χ1v) is 6.80. The summed E-state index contributed by atoms with van der Waals surface area (Å²) in [6.07, 6.45) is 0.280. The summed E-state index contributed by atoms with van der Waals surface area (Å²) in [5.41, 5.74) is 3.98. The first kappa shape index (κ1) is 13.2. The highest BCUT2D eigenvalue weighted by atomic mass is 16.5. The van der Waals surface area contributed by atoms with Gasteiger partial charge in [-0.15, -0.1) is 0 Å². The Morgan fingerprint density at radius 2 is 2.10 bits per heavy atom. The summed E-state index contributed by atoms with van der Waals surface area (Å²) in [5, 5.41) is 10.6. The lowest BCUT2D eigenvalue weighted by molar-refractivity contribution is 0.176. The van der Waals surface area contributed by atoms with E-state index in [0.29, 0.717) is 6.61 Å². The number of aliphatic hydroxyl groups is 1. The van der Waals surface area contributed by atoms with Crippen molar-refractivity contribution < 1.29 is 14.6 Å². The second-order valence-electron chi connectivity index (χ2n) is 5.00. The highest BCUT2D eigenvalue weighted by Crippen LogP contribution is 2.31. The van der Waals surface area contributed by atoms with E-state index in [1.807, 2.05) is 42.5 Å². The third-order valence-corrected chi connectivity index (χ3v) is 3.68. The summed E-state index contributed by atoms with van der Waals surface area (Å²) in [6.45, 7) is 1.23. The van der Waals surface area contributed by atoms with Crippen molar-refractivity contribution in [1.82, 2.24) is 0 Å². The molecule has 1 atom stereocenters. The minimum absolute atomic E-state index is 0.501. The molecule has 104 valence electrons. The number of fused-ring (bicyclic) bond motifs is 1. The van der Waals surface area contributed by atoms with Crippen molar-refractivity contribution in [2.75, 3.05) is 13.7 Å². The van der Waals surface area contributed by atoms with Crippen molar-refractivity contribution in [3.63, 3.8) is 0 Å². The minimum atomic E-state index is -0.632. The van der Waals surface area contributed by atoms with Crippen molar-refractivity contribution in [2.45, 2.75) is 19.1 Å². The van der Waals surface area contributed by atoms with E-state index in [-0.39, 0.29) is 0 Å². The largest absolute Gasteiger partial charge is 0.493 e. The standard InChI is InChI=1S/C17H18O3/c1-19-11-14-4-2-3-5-15(14)17(18)13-6-7-16-12(10-13)8-9-20-16/h2-7,10,17-18H,8-9,11H2,1H3. The van der Waals surface area contributed by atoms with E-state index in [2.05, 4.69) is 0 Å². The molecule has 3 heteroatoms. The van der Waals surface area contributed by atoms with Gasteiger partial charge in [-0.3, -0.25) is 0 Å². The van der Waals surface area contributed by atoms with E-state index < -0.39 is 6.10 Å². The van der Waals surface area contributed by atoms with Crippen LogP contribution in [0.15, 0.2) is 42.5 Å². The van der Waals surface area contributed by atoms with Crippen molar-refractivity contribution in [2.24, 2.45) is 0 Å². The first-order valence-electron chi connectivity index (χ1n) is 6.80. The van der Waals surface area contributed by atoms with Crippen LogP contribution in [0.1, 0.15) is 28.4 Å². The van der Waals surface area contributed by atoms with Gasteiger partial charge < -0.3 is 14.6 Å². The third kappa shape index (κ3) is 2.42. The fourth-order valence-electron chi connectivity index (χ4n) is 2.64. The molecule has 0 aromatic heterocycles. The Morgan fingerprint density at radius 1 is 1.25 bits per heavy atom. The van der Waals surface area contributed by atoms with Crippen LogP contribution in [0.4, 0.5) is 0 Å². The monoisotopic (exact) mass is 270 g/mol. The Kier molecular flexibility index (Phi) is 3.72. The predicted octanol–water partition coefficient (Wildman–Crippen LogP) is 2.85. The van der Waals surface area contributed by atoms with Crippen LogP contribution in [0.3, 0.4) is 0 Å². The van der Waals surface area contributed by atoms with E-state index in [0.717, 1.165) is 35.5 Å². The molecule has 1 heterocycles. The van der Waals surface area contributed by atoms with Gasteiger partial charge in [0.05, 0.1) is 13.2 Å². The molecule has 3 nitrogen and oxygen atoms in total. The van der Waals surface area contributed by atoms with Crippen LogP contribution in [0.2, 0.25) is 0 Å². The van der Waals surface area contributed by atoms with Crippen LogP contribution in [0, 0.1) is 0 Å². The summed E-state index contributed by atoms with van der Waals surface area (Å²) >= 11 is 0. The fourth-order valence-corrected chi connectivity index (χ4v) is 2.64. The molecular weight excluding hydrogens is 252 g/mol. The van der Waals surface area contributed by atoms with Gasteiger partial charge in [0.15, 0.2) is 0 Å². The highest BCUT2D eigenvalue weighted by Gasteiger charge is 2.18. The van der Waals surface area contributed by atoms with E-state index in [1.165, 1.54) is 5.56 Å². The highest BCUT2D eigenvalue weighted by molar-refractivity contribution is 5.43. The molecule has 2 aromatic rings. The molecular formula is C17H18O3. The topological polar surface area (TPSA) is 38.7 Å². The van der Waals surface area contributed by atoms with E-state index >= 15 is 0 Å². The molecule has 0 aliphatic carbocycles. The lowest BCUT2D eigenvalue weighted by atomic mass is 9.95. The van der Waals surface area contributed by atoms with Crippen LogP contribution in [-0.4, -0.2) is 18.8 Å². The summed E-state index contributed by atoms with van der Waals surface area (Å²) in [4.78, 5) is 0. The van der Waals surface area contributed by atoms with Crippen LogP contribution in [0.5, 0.6) is 5.75 Å². The second-order valence-corrected chi connectivity index (χ2v) is 5.00. The lowest BCUT2D eigenvalue weighted by Gasteiger charge is -2.16. The first-order chi connectivity index (χ1) is 9.79. The van der Waals surface area contributed by atoms with Gasteiger partial charge in [0.1, 0.15) is 11.9 Å². The second kappa shape index (κ2) is 5.65. The maximum atomic E-state index is 10.6. The Morgan fingerprint density at radius 3 is 2.95 bits per heavy atom. The smallest absolute Gasteiger partial charge is 0.122 e. The summed E-state index contributed by atoms with van der Waals surface area (Å²) in [7, 11) is 1.66. The van der Waals surface area contributed by atoms with Gasteiger partial charge >= 0.3 is 0 Å². The molecule has 1 unspecified atom stereocenters. The van der Waals surface area contributed by atoms with Crippen LogP contribution < -0.4 is 4.74 Å². The molecule has 1 aliphatic heterocycles. The number of hydrogen-bond acceptors (Lipinski definition) is 3. The fraction of sp³-hybridized carbons (Fsp3) is 0.294. The maximum Gasteiger partial charge on any atom is 0.122 e. The maximum absolute atomic E-state index is 10.6. The number of rotatable bonds is 4. The Labute approximate surface area is 118 Å². The molecule has 1 N–H and O–H groups in total. The average Bonchev–Trinajstić information content (AvgIpc) is 2.95. The number of ether oxygens (including phenoxy) is 2. The molecule has 0 amide bonds. The van der Waals surface area contributed by atoms with E-state index in [4.69, 9.17) is 9.47 Å². The van der Waals surface area contributed by atoms with E-state index in [1.54, 1.807) is 7.11 Å². The molecule has 0 fully saturated rings. The molecule has 0 spiro atoms. The molecule has 0 saturated carbocycles. The quantitative estimate of drug-likeness (QED) is 0.928. The molecule has 20 heavy (non-hydrogen) atoms. The zero-order valence-electron chi connectivity index (χ0n) is 11.5. The van der Waals surface area contributed by atoms with Crippen molar-refractivity contribution in [3.8, 4) is 5.75 Å². The minimum Gasteiger partial charge on any atom is -0.493 e. The van der Waals surface area contributed by atoms with Crippen LogP contribution in [-0.2, 0) is 17.8 Å². The molecule has 2 aromatic carbocycles. The summed E-state index contributed by atoms with van der Waals surface area (Å²) in [6, 6.07) is 13.7. The number of benzene rings is 2. The zero-order valence-corrected chi connectivity index (χ0v) is 11.5. The lowest BCUT2D eigenvalue weighted by Crippen LogP contribution is -2.05. The Bertz CT molecular complexity index is 607. The molecule has 0 saturated heterocycles. The van der Waals surface area contributed by atoms with Gasteiger partial charge in [0.25, 0.3) is 0 Å². The molecule has 1 aliphatic rings. The van der Waals surface area contributed by atoms with Crippen molar-refractivity contribution >= 4 is 0 Å². The van der Waals surface area contributed by atoms with Gasteiger partial charge in [0.2, 0.25) is 0 Å². The third-order valence-electron chi connectivity index (χ3n) is 3.68. The Balaban J connectivity index is 1.94. The van der Waals surface area contributed by atoms with Gasteiger partial charge in [-0.25, -0.2) is 0 Å². The number of aliphatic hydroxyl groups excluding tert-OH is 1. The Hall–Kier alpha value is -1.84. The van der Waals surface area contributed by atoms with Crippen LogP contribution in [0.25, 0.3) is 0 Å².